The molecule has 0 spiro atoms. The van der Waals surface area contributed by atoms with Gasteiger partial charge in [0.2, 0.25) is 5.78 Å². The van der Waals surface area contributed by atoms with Crippen LogP contribution >= 0.6 is 0 Å². The summed E-state index contributed by atoms with van der Waals surface area (Å²) in [6, 6.07) is 18.6. The van der Waals surface area contributed by atoms with Gasteiger partial charge in [-0.05, 0) is 29.3 Å². The van der Waals surface area contributed by atoms with Crippen molar-refractivity contribution >= 4 is 16.8 Å². The number of aromatic nitrogens is 3. The Labute approximate surface area is 110 Å². The minimum atomic E-state index is 0.739. The molecule has 2 aromatic carbocycles. The van der Waals surface area contributed by atoms with E-state index in [1.54, 1.807) is 6.20 Å². The fourth-order valence-electron chi connectivity index (χ4n) is 2.36. The summed E-state index contributed by atoms with van der Waals surface area (Å²) in [7, 11) is 0. The predicted octanol–water partition coefficient (Wildman–Crippen LogP) is 3.55. The Morgan fingerprint density at radius 2 is 1.74 bits per heavy atom. The van der Waals surface area contributed by atoms with Gasteiger partial charge in [-0.2, -0.15) is 0 Å². The molecule has 0 radical (unpaired) electrons. The van der Waals surface area contributed by atoms with Gasteiger partial charge in [-0.25, -0.2) is 9.97 Å². The summed E-state index contributed by atoms with van der Waals surface area (Å²) in [5.41, 5.74) is 4.46. The van der Waals surface area contributed by atoms with Gasteiger partial charge in [0.25, 0.3) is 0 Å². The van der Waals surface area contributed by atoms with Crippen LogP contribution in [0.5, 0.6) is 0 Å². The molecule has 0 aliphatic carbocycles. The molecule has 2 aromatic heterocycles. The first-order valence-electron chi connectivity index (χ1n) is 6.20. The highest BCUT2D eigenvalue weighted by Gasteiger charge is 2.06. The van der Waals surface area contributed by atoms with E-state index in [2.05, 4.69) is 46.4 Å². The number of rotatable bonds is 1. The molecule has 3 nitrogen and oxygen atoms in total. The number of fused-ring (bicyclic) bond motifs is 3. The van der Waals surface area contributed by atoms with Crippen LogP contribution in [-0.2, 0) is 0 Å². The second-order valence-corrected chi connectivity index (χ2v) is 4.47. The van der Waals surface area contributed by atoms with Crippen molar-refractivity contribution in [3.63, 3.8) is 0 Å². The molecule has 3 heteroatoms. The lowest BCUT2D eigenvalue weighted by Gasteiger charge is -2.01. The van der Waals surface area contributed by atoms with Gasteiger partial charge in [-0.15, -0.1) is 0 Å². The van der Waals surface area contributed by atoms with Crippen molar-refractivity contribution in [3.8, 4) is 11.1 Å². The summed E-state index contributed by atoms with van der Waals surface area (Å²) in [6.45, 7) is 0. The van der Waals surface area contributed by atoms with Gasteiger partial charge in [-0.3, -0.25) is 4.40 Å². The van der Waals surface area contributed by atoms with E-state index < -0.39 is 0 Å². The molecule has 0 bridgehead atoms. The van der Waals surface area contributed by atoms with Crippen LogP contribution in [0, 0.1) is 0 Å². The van der Waals surface area contributed by atoms with Crippen molar-refractivity contribution in [2.24, 2.45) is 0 Å². The molecule has 0 unspecified atom stereocenters. The third-order valence-corrected chi connectivity index (χ3v) is 3.29. The molecule has 0 amide bonds. The van der Waals surface area contributed by atoms with Crippen LogP contribution in [0.15, 0.2) is 67.0 Å². The van der Waals surface area contributed by atoms with Crippen molar-refractivity contribution in [1.29, 1.82) is 0 Å². The minimum Gasteiger partial charge on any atom is -0.284 e. The van der Waals surface area contributed by atoms with E-state index in [-0.39, 0.29) is 0 Å². The number of imidazole rings is 1. The minimum absolute atomic E-state index is 0.739. The Morgan fingerprint density at radius 1 is 0.842 bits per heavy atom. The van der Waals surface area contributed by atoms with E-state index in [1.165, 1.54) is 11.1 Å². The Morgan fingerprint density at radius 3 is 2.63 bits per heavy atom. The maximum Gasteiger partial charge on any atom is 0.234 e. The fraction of sp³-hybridized carbons (Fsp3) is 0. The molecule has 4 rings (SSSR count). The van der Waals surface area contributed by atoms with Crippen molar-refractivity contribution in [1.82, 2.24) is 14.4 Å². The SMILES string of the molecule is c1ccc(-c2ccc3nc4ncccn4c3c2)cc1. The van der Waals surface area contributed by atoms with E-state index >= 15 is 0 Å². The van der Waals surface area contributed by atoms with Crippen LogP contribution in [0.4, 0.5) is 0 Å². The average Bonchev–Trinajstić information content (AvgIpc) is 2.86. The van der Waals surface area contributed by atoms with Crippen molar-refractivity contribution in [2.75, 3.05) is 0 Å². The third-order valence-electron chi connectivity index (χ3n) is 3.29. The molecule has 0 aliphatic rings. The van der Waals surface area contributed by atoms with Gasteiger partial charge in [0.1, 0.15) is 0 Å². The first kappa shape index (κ1) is 10.3. The third kappa shape index (κ3) is 1.59. The van der Waals surface area contributed by atoms with E-state index in [0.29, 0.717) is 0 Å². The molecule has 0 fully saturated rings. The van der Waals surface area contributed by atoms with Crippen molar-refractivity contribution in [2.45, 2.75) is 0 Å². The lowest BCUT2D eigenvalue weighted by molar-refractivity contribution is 1.13. The van der Waals surface area contributed by atoms with Crippen LogP contribution in [0.1, 0.15) is 0 Å². The number of hydrogen-bond acceptors (Lipinski definition) is 2. The Kier molecular flexibility index (Phi) is 2.12. The fourth-order valence-corrected chi connectivity index (χ4v) is 2.36. The second kappa shape index (κ2) is 3.92. The van der Waals surface area contributed by atoms with Crippen molar-refractivity contribution < 1.29 is 0 Å². The first-order chi connectivity index (χ1) is 9.42. The number of nitrogens with zero attached hydrogens (tertiary/aromatic N) is 3. The van der Waals surface area contributed by atoms with E-state index in [9.17, 15) is 0 Å². The van der Waals surface area contributed by atoms with E-state index in [4.69, 9.17) is 0 Å². The summed E-state index contributed by atoms with van der Waals surface area (Å²) >= 11 is 0. The monoisotopic (exact) mass is 245 g/mol. The second-order valence-electron chi connectivity index (χ2n) is 4.47. The maximum absolute atomic E-state index is 4.50. The lowest BCUT2D eigenvalue weighted by atomic mass is 10.1. The zero-order valence-corrected chi connectivity index (χ0v) is 10.2. The molecule has 0 atom stereocenters. The molecule has 2 heterocycles. The zero-order valence-electron chi connectivity index (χ0n) is 10.2. The topological polar surface area (TPSA) is 30.2 Å². The molecule has 90 valence electrons. The number of hydrogen-bond donors (Lipinski definition) is 0. The summed E-state index contributed by atoms with van der Waals surface area (Å²) in [5, 5.41) is 0. The molecule has 19 heavy (non-hydrogen) atoms. The Bertz CT molecular complexity index is 863. The average molecular weight is 245 g/mol. The lowest BCUT2D eigenvalue weighted by Crippen LogP contribution is -1.85. The highest BCUT2D eigenvalue weighted by molar-refractivity contribution is 5.84. The largest absolute Gasteiger partial charge is 0.284 e. The Balaban J connectivity index is 2.03. The van der Waals surface area contributed by atoms with Crippen LogP contribution < -0.4 is 0 Å². The summed E-state index contributed by atoms with van der Waals surface area (Å²) in [4.78, 5) is 8.77. The molecule has 0 saturated heterocycles. The summed E-state index contributed by atoms with van der Waals surface area (Å²) in [5.74, 6) is 0.739. The van der Waals surface area contributed by atoms with E-state index in [0.717, 1.165) is 16.8 Å². The summed E-state index contributed by atoms with van der Waals surface area (Å²) in [6.07, 6.45) is 3.76. The van der Waals surface area contributed by atoms with Crippen molar-refractivity contribution in [3.05, 3.63) is 67.0 Å². The smallest absolute Gasteiger partial charge is 0.234 e. The van der Waals surface area contributed by atoms with Gasteiger partial charge in [0.15, 0.2) is 0 Å². The highest BCUT2D eigenvalue weighted by Crippen LogP contribution is 2.24. The summed E-state index contributed by atoms with van der Waals surface area (Å²) < 4.78 is 2.02. The van der Waals surface area contributed by atoms with Crippen LogP contribution in [0.3, 0.4) is 0 Å². The van der Waals surface area contributed by atoms with Gasteiger partial charge < -0.3 is 0 Å². The molecular formula is C16H11N3. The number of benzene rings is 2. The molecule has 0 aliphatic heterocycles. The van der Waals surface area contributed by atoms with Gasteiger partial charge in [-0.1, -0.05) is 36.4 Å². The molecule has 0 N–H and O–H groups in total. The Hall–Kier alpha value is -2.68. The van der Waals surface area contributed by atoms with Gasteiger partial charge in [0, 0.05) is 12.4 Å². The normalized spacial score (nSPS) is 11.2. The molecule has 0 saturated carbocycles. The van der Waals surface area contributed by atoms with E-state index in [1.807, 2.05) is 28.8 Å². The molecular weight excluding hydrogens is 234 g/mol. The quantitative estimate of drug-likeness (QED) is 0.513. The van der Waals surface area contributed by atoms with Gasteiger partial charge >= 0.3 is 0 Å². The standard InChI is InChI=1S/C16H11N3/c1-2-5-12(6-3-1)13-7-8-14-15(11-13)19-10-4-9-17-16(19)18-14/h1-11H. The van der Waals surface area contributed by atoms with Crippen LogP contribution in [-0.4, -0.2) is 14.4 Å². The first-order valence-corrected chi connectivity index (χ1v) is 6.20. The maximum atomic E-state index is 4.50. The molecule has 4 aromatic rings. The zero-order chi connectivity index (χ0) is 12.7. The van der Waals surface area contributed by atoms with Gasteiger partial charge in [0.05, 0.1) is 11.0 Å². The van der Waals surface area contributed by atoms with Crippen LogP contribution in [0.2, 0.25) is 0 Å². The predicted molar refractivity (Wildman–Crippen MR) is 75.9 cm³/mol. The highest BCUT2D eigenvalue weighted by atomic mass is 15.1. The van der Waals surface area contributed by atoms with Crippen LogP contribution in [0.25, 0.3) is 27.9 Å².